The number of nitriles is 1. The number of carbonyl (C=O) groups excluding carboxylic acids is 1. The minimum atomic E-state index is -4.78. The first kappa shape index (κ1) is 24.9. The van der Waals surface area contributed by atoms with Crippen molar-refractivity contribution in [3.63, 3.8) is 0 Å². The van der Waals surface area contributed by atoms with Crippen molar-refractivity contribution in [3.8, 4) is 11.8 Å². The molecule has 0 spiro atoms. The standard InChI is InChI=1S/C20H13F6N3O2S/c1-18(28-2,11-31-16-9-12(10-27)3-8-15(16)19(21,22)23)29-17(30)13-4-6-14(7-5-13)32-20(24,25)26/h3-9H,11H2,1H3,(H,29,30). The molecule has 0 heterocycles. The van der Waals surface area contributed by atoms with Crippen LogP contribution in [0.1, 0.15) is 28.4 Å². The van der Waals surface area contributed by atoms with E-state index in [0.29, 0.717) is 6.07 Å². The molecule has 32 heavy (non-hydrogen) atoms. The quantitative estimate of drug-likeness (QED) is 0.335. The van der Waals surface area contributed by atoms with E-state index in [2.05, 4.69) is 10.2 Å². The van der Waals surface area contributed by atoms with Gasteiger partial charge in [-0.3, -0.25) is 15.0 Å². The lowest BCUT2D eigenvalue weighted by Crippen LogP contribution is -2.47. The first-order valence-corrected chi connectivity index (χ1v) is 9.39. The summed E-state index contributed by atoms with van der Waals surface area (Å²) in [6, 6.07) is 8.56. The van der Waals surface area contributed by atoms with Gasteiger partial charge >= 0.3 is 17.3 Å². The molecule has 0 aromatic heterocycles. The molecule has 0 bridgehead atoms. The molecule has 12 heteroatoms. The SMILES string of the molecule is [C-]#[N+]C(C)(COc1cc(C#N)ccc1C(F)(F)F)NC(=O)c1ccc(SC(F)(F)F)cc1. The Kier molecular flexibility index (Phi) is 7.31. The summed E-state index contributed by atoms with van der Waals surface area (Å²) in [6.45, 7) is 7.80. The van der Waals surface area contributed by atoms with Crippen LogP contribution in [0.2, 0.25) is 0 Å². The Morgan fingerprint density at radius 3 is 2.28 bits per heavy atom. The molecule has 168 valence electrons. The number of benzene rings is 2. The van der Waals surface area contributed by atoms with Crippen molar-refractivity contribution < 1.29 is 35.9 Å². The van der Waals surface area contributed by atoms with Crippen LogP contribution in [0, 0.1) is 17.9 Å². The number of hydrogen-bond donors (Lipinski definition) is 1. The molecule has 2 aromatic carbocycles. The maximum Gasteiger partial charge on any atom is 0.446 e. The Labute approximate surface area is 182 Å². The van der Waals surface area contributed by atoms with Crippen molar-refractivity contribution in [2.45, 2.75) is 29.2 Å². The van der Waals surface area contributed by atoms with Crippen LogP contribution in [0.5, 0.6) is 5.75 Å². The molecule has 1 N–H and O–H groups in total. The van der Waals surface area contributed by atoms with Crippen LogP contribution in [-0.4, -0.2) is 23.7 Å². The highest BCUT2D eigenvalue weighted by Gasteiger charge is 2.38. The van der Waals surface area contributed by atoms with E-state index in [1.54, 1.807) is 6.07 Å². The first-order chi connectivity index (χ1) is 14.8. The number of rotatable bonds is 6. The zero-order chi connectivity index (χ0) is 24.2. The van der Waals surface area contributed by atoms with E-state index < -0.39 is 41.2 Å². The molecule has 0 saturated carbocycles. The molecule has 5 nitrogen and oxygen atoms in total. The third-order valence-electron chi connectivity index (χ3n) is 3.90. The van der Waals surface area contributed by atoms with Crippen molar-refractivity contribution in [2.75, 3.05) is 6.61 Å². The predicted molar refractivity (Wildman–Crippen MR) is 102 cm³/mol. The Morgan fingerprint density at radius 2 is 1.78 bits per heavy atom. The maximum absolute atomic E-state index is 13.2. The largest absolute Gasteiger partial charge is 0.482 e. The van der Waals surface area contributed by atoms with Crippen LogP contribution < -0.4 is 10.1 Å². The summed E-state index contributed by atoms with van der Waals surface area (Å²) in [5.74, 6) is -1.52. The summed E-state index contributed by atoms with van der Waals surface area (Å²) in [5, 5.41) is 11.2. The maximum atomic E-state index is 13.2. The van der Waals surface area contributed by atoms with E-state index in [0.717, 1.165) is 36.4 Å². The molecular formula is C20H13F6N3O2S. The molecule has 2 aromatic rings. The molecule has 0 saturated heterocycles. The Hall–Kier alpha value is -3.38. The highest BCUT2D eigenvalue weighted by atomic mass is 32.2. The van der Waals surface area contributed by atoms with Crippen molar-refractivity contribution in [3.05, 3.63) is 70.6 Å². The average molecular weight is 473 g/mol. The normalized spacial score (nSPS) is 13.4. The lowest BCUT2D eigenvalue weighted by molar-refractivity contribution is -0.139. The number of amides is 1. The molecule has 0 aliphatic heterocycles. The van der Waals surface area contributed by atoms with E-state index in [9.17, 15) is 31.1 Å². The number of hydrogen-bond acceptors (Lipinski definition) is 4. The van der Waals surface area contributed by atoms with Gasteiger partial charge < -0.3 is 4.74 Å². The Balaban J connectivity index is 2.16. The molecule has 0 fully saturated rings. The van der Waals surface area contributed by atoms with Crippen LogP contribution in [0.15, 0.2) is 47.4 Å². The van der Waals surface area contributed by atoms with E-state index in [-0.39, 0.29) is 27.8 Å². The van der Waals surface area contributed by atoms with Gasteiger partial charge in [-0.2, -0.15) is 31.6 Å². The third kappa shape index (κ3) is 6.82. The van der Waals surface area contributed by atoms with Gasteiger partial charge in [0, 0.05) is 17.4 Å². The number of nitrogens with one attached hydrogen (secondary N) is 1. The van der Waals surface area contributed by atoms with Crippen LogP contribution >= 0.6 is 11.8 Å². The van der Waals surface area contributed by atoms with Gasteiger partial charge in [-0.25, -0.2) is 6.57 Å². The summed E-state index contributed by atoms with van der Waals surface area (Å²) in [6.07, 6.45) is -4.78. The van der Waals surface area contributed by atoms with Crippen LogP contribution in [0.25, 0.3) is 4.85 Å². The molecule has 0 radical (unpaired) electrons. The second kappa shape index (κ2) is 9.40. The Morgan fingerprint density at radius 1 is 1.16 bits per heavy atom. The fraction of sp³-hybridized carbons (Fsp3) is 0.250. The number of thioether (sulfide) groups is 1. The number of alkyl halides is 6. The van der Waals surface area contributed by atoms with Crippen molar-refractivity contribution in [2.24, 2.45) is 0 Å². The molecule has 1 amide bonds. The second-order valence-electron chi connectivity index (χ2n) is 6.52. The van der Waals surface area contributed by atoms with Gasteiger partial charge in [-0.1, -0.05) is 0 Å². The molecule has 0 aliphatic carbocycles. The van der Waals surface area contributed by atoms with Crippen molar-refractivity contribution in [1.82, 2.24) is 5.32 Å². The summed E-state index contributed by atoms with van der Waals surface area (Å²) in [4.78, 5) is 15.4. The zero-order valence-electron chi connectivity index (χ0n) is 16.1. The summed E-state index contributed by atoms with van der Waals surface area (Å²) < 4.78 is 81.9. The molecule has 0 aliphatic rings. The van der Waals surface area contributed by atoms with Gasteiger partial charge in [-0.05, 0) is 54.2 Å². The smallest absolute Gasteiger partial charge is 0.446 e. The van der Waals surface area contributed by atoms with Crippen LogP contribution in [0.3, 0.4) is 0 Å². The highest BCUT2D eigenvalue weighted by Crippen LogP contribution is 2.38. The number of carbonyl (C=O) groups is 1. The number of halogens is 6. The fourth-order valence-electron chi connectivity index (χ4n) is 2.38. The van der Waals surface area contributed by atoms with Crippen molar-refractivity contribution in [1.29, 1.82) is 5.26 Å². The minimum Gasteiger partial charge on any atom is -0.482 e. The van der Waals surface area contributed by atoms with Crippen LogP contribution in [-0.2, 0) is 6.18 Å². The molecule has 2 rings (SSSR count). The van der Waals surface area contributed by atoms with Crippen molar-refractivity contribution >= 4 is 17.7 Å². The average Bonchev–Trinajstić information content (AvgIpc) is 2.70. The fourth-order valence-corrected chi connectivity index (χ4v) is 2.92. The molecule has 1 atom stereocenters. The van der Waals surface area contributed by atoms with E-state index >= 15 is 0 Å². The van der Waals surface area contributed by atoms with E-state index in [4.69, 9.17) is 16.6 Å². The topological polar surface area (TPSA) is 66.5 Å². The van der Waals surface area contributed by atoms with Crippen LogP contribution in [0.4, 0.5) is 26.3 Å². The minimum absolute atomic E-state index is 0.0612. The summed E-state index contributed by atoms with van der Waals surface area (Å²) >= 11 is -0.364. The Bertz CT molecular complexity index is 1070. The van der Waals surface area contributed by atoms with Gasteiger partial charge in [-0.15, -0.1) is 0 Å². The van der Waals surface area contributed by atoms with Gasteiger partial charge in [0.1, 0.15) is 5.75 Å². The lowest BCUT2D eigenvalue weighted by atomic mass is 10.1. The summed E-state index contributed by atoms with van der Waals surface area (Å²) in [7, 11) is 0. The predicted octanol–water partition coefficient (Wildman–Crippen LogP) is 5.63. The van der Waals surface area contributed by atoms with Gasteiger partial charge in [0.05, 0.1) is 17.2 Å². The summed E-state index contributed by atoms with van der Waals surface area (Å²) in [5.41, 5.74) is -7.62. The number of ether oxygens (including phenoxy) is 1. The molecule has 1 unspecified atom stereocenters. The zero-order valence-corrected chi connectivity index (χ0v) is 17.0. The monoisotopic (exact) mass is 473 g/mol. The molecular weight excluding hydrogens is 460 g/mol. The van der Waals surface area contributed by atoms with Gasteiger partial charge in [0.2, 0.25) is 0 Å². The third-order valence-corrected chi connectivity index (χ3v) is 4.64. The number of nitrogens with zero attached hydrogens (tertiary/aromatic N) is 2. The second-order valence-corrected chi connectivity index (χ2v) is 7.66. The lowest BCUT2D eigenvalue weighted by Gasteiger charge is -2.21. The highest BCUT2D eigenvalue weighted by molar-refractivity contribution is 8.00. The van der Waals surface area contributed by atoms with Gasteiger partial charge in [0.25, 0.3) is 5.91 Å². The van der Waals surface area contributed by atoms with E-state index in [1.807, 2.05) is 0 Å². The van der Waals surface area contributed by atoms with Gasteiger partial charge in [0.15, 0.2) is 6.61 Å². The first-order valence-electron chi connectivity index (χ1n) is 8.57. The van der Waals surface area contributed by atoms with E-state index in [1.165, 1.54) is 6.92 Å².